The average molecular weight is 379 g/mol. The Labute approximate surface area is 162 Å². The molecule has 4 rings (SSSR count). The van der Waals surface area contributed by atoms with E-state index in [1.165, 1.54) is 0 Å². The number of aromatic nitrogens is 4. The Hall–Kier alpha value is -3.05. The van der Waals surface area contributed by atoms with Crippen LogP contribution in [-0.4, -0.2) is 18.9 Å². The molecule has 0 bridgehead atoms. The van der Waals surface area contributed by atoms with Crippen molar-refractivity contribution in [3.8, 4) is 17.1 Å². The Morgan fingerprint density at radius 1 is 1.04 bits per heavy atom. The van der Waals surface area contributed by atoms with E-state index in [1.54, 1.807) is 10.9 Å². The van der Waals surface area contributed by atoms with E-state index in [9.17, 15) is 4.79 Å². The van der Waals surface area contributed by atoms with E-state index in [1.807, 2.05) is 84.0 Å². The number of hydrogen-bond acceptors (Lipinski definition) is 2. The summed E-state index contributed by atoms with van der Waals surface area (Å²) in [5.41, 5.74) is 3.17. The molecule has 136 valence electrons. The second-order valence-electron chi connectivity index (χ2n) is 6.41. The summed E-state index contributed by atoms with van der Waals surface area (Å²) in [4.78, 5) is 17.7. The molecule has 0 aliphatic heterocycles. The van der Waals surface area contributed by atoms with Crippen LogP contribution < -0.4 is 5.56 Å². The van der Waals surface area contributed by atoms with Crippen molar-refractivity contribution in [2.45, 2.75) is 13.5 Å². The lowest BCUT2D eigenvalue weighted by Crippen LogP contribution is -2.20. The summed E-state index contributed by atoms with van der Waals surface area (Å²) in [6.07, 6.45) is 3.59. The van der Waals surface area contributed by atoms with Gasteiger partial charge in [-0.25, -0.2) is 9.67 Å². The third-order valence-corrected chi connectivity index (χ3v) is 5.16. The largest absolute Gasteiger partial charge is 0.326 e. The van der Waals surface area contributed by atoms with Crippen molar-refractivity contribution < 1.29 is 0 Å². The fraction of sp³-hybridized carbons (Fsp3) is 0.143. The van der Waals surface area contributed by atoms with Crippen LogP contribution in [0.2, 0.25) is 5.02 Å². The first-order chi connectivity index (χ1) is 13.1. The average Bonchev–Trinajstić information content (AvgIpc) is 3.20. The predicted molar refractivity (Wildman–Crippen MR) is 108 cm³/mol. The minimum absolute atomic E-state index is 0.0900. The van der Waals surface area contributed by atoms with E-state index in [2.05, 4.69) is 4.98 Å². The maximum Gasteiger partial charge on any atom is 0.282 e. The maximum atomic E-state index is 13.2. The highest BCUT2D eigenvalue weighted by molar-refractivity contribution is 6.31. The summed E-state index contributed by atoms with van der Waals surface area (Å²) in [6, 6.07) is 17.3. The molecule has 5 nitrogen and oxygen atoms in total. The molecular formula is C21H19ClN4O. The number of nitrogens with zero attached hydrogens (tertiary/aromatic N) is 4. The molecule has 0 radical (unpaired) electrons. The number of para-hydroxylation sites is 1. The van der Waals surface area contributed by atoms with Crippen LogP contribution >= 0.6 is 11.6 Å². The summed E-state index contributed by atoms with van der Waals surface area (Å²) in [6.45, 7) is 2.48. The normalized spacial score (nSPS) is 11.1. The number of hydrogen-bond donors (Lipinski definition) is 0. The monoisotopic (exact) mass is 378 g/mol. The highest BCUT2D eigenvalue weighted by Gasteiger charge is 2.21. The summed E-state index contributed by atoms with van der Waals surface area (Å²) >= 11 is 6.31. The van der Waals surface area contributed by atoms with Gasteiger partial charge in [-0.3, -0.25) is 9.48 Å². The molecule has 0 spiro atoms. The van der Waals surface area contributed by atoms with Gasteiger partial charge in [0.25, 0.3) is 5.56 Å². The highest BCUT2D eigenvalue weighted by Crippen LogP contribution is 2.23. The molecule has 0 fully saturated rings. The van der Waals surface area contributed by atoms with E-state index in [0.29, 0.717) is 23.0 Å². The minimum Gasteiger partial charge on any atom is -0.326 e. The maximum absolute atomic E-state index is 13.2. The topological polar surface area (TPSA) is 44.8 Å². The lowest BCUT2D eigenvalue weighted by Gasteiger charge is -2.09. The van der Waals surface area contributed by atoms with Crippen molar-refractivity contribution in [2.75, 3.05) is 0 Å². The SMILES string of the molecule is Cc1c(-c2nccn2Cc2ccccc2Cl)c(=O)n(-c2ccccc2)n1C. The van der Waals surface area contributed by atoms with E-state index < -0.39 is 0 Å². The molecule has 0 unspecified atom stereocenters. The van der Waals surface area contributed by atoms with Gasteiger partial charge in [-0.05, 0) is 30.7 Å². The third-order valence-electron chi connectivity index (χ3n) is 4.79. The van der Waals surface area contributed by atoms with Gasteiger partial charge in [0.2, 0.25) is 0 Å². The van der Waals surface area contributed by atoms with Crippen LogP contribution in [0.25, 0.3) is 17.1 Å². The second kappa shape index (κ2) is 6.93. The number of benzene rings is 2. The number of halogens is 1. The van der Waals surface area contributed by atoms with Gasteiger partial charge >= 0.3 is 0 Å². The zero-order valence-corrected chi connectivity index (χ0v) is 15.9. The van der Waals surface area contributed by atoms with Crippen LogP contribution in [-0.2, 0) is 13.6 Å². The molecule has 4 aromatic rings. The van der Waals surface area contributed by atoms with Crippen molar-refractivity contribution in [1.82, 2.24) is 18.9 Å². The molecule has 0 aliphatic rings. The van der Waals surface area contributed by atoms with Gasteiger partial charge in [-0.2, -0.15) is 0 Å². The smallest absolute Gasteiger partial charge is 0.282 e. The standard InChI is InChI=1S/C21H19ClN4O/c1-15-19(21(27)26(24(15)2)17-9-4-3-5-10-17)20-23-12-13-25(20)14-16-8-6-7-11-18(16)22/h3-13H,14H2,1-2H3. The van der Waals surface area contributed by atoms with E-state index in [4.69, 9.17) is 11.6 Å². The number of rotatable bonds is 4. The van der Waals surface area contributed by atoms with Gasteiger partial charge < -0.3 is 4.57 Å². The highest BCUT2D eigenvalue weighted by atomic mass is 35.5. The van der Waals surface area contributed by atoms with Crippen molar-refractivity contribution in [3.63, 3.8) is 0 Å². The van der Waals surface area contributed by atoms with Crippen LogP contribution in [0.15, 0.2) is 71.8 Å². The molecule has 2 heterocycles. The Bertz CT molecular complexity index is 1150. The lowest BCUT2D eigenvalue weighted by atomic mass is 10.2. The van der Waals surface area contributed by atoms with Crippen molar-refractivity contribution in [3.05, 3.63) is 93.6 Å². The van der Waals surface area contributed by atoms with Crippen LogP contribution in [0.4, 0.5) is 0 Å². The zero-order chi connectivity index (χ0) is 19.0. The van der Waals surface area contributed by atoms with Crippen LogP contribution in [0.1, 0.15) is 11.3 Å². The van der Waals surface area contributed by atoms with Gasteiger partial charge in [-0.15, -0.1) is 0 Å². The third kappa shape index (κ3) is 3.00. The molecule has 6 heteroatoms. The molecule has 0 aliphatic carbocycles. The van der Waals surface area contributed by atoms with Gasteiger partial charge in [0.05, 0.1) is 12.2 Å². The second-order valence-corrected chi connectivity index (χ2v) is 6.81. The molecule has 0 atom stereocenters. The zero-order valence-electron chi connectivity index (χ0n) is 15.1. The molecule has 0 N–H and O–H groups in total. The van der Waals surface area contributed by atoms with Crippen molar-refractivity contribution >= 4 is 11.6 Å². The number of imidazole rings is 1. The van der Waals surface area contributed by atoms with Gasteiger partial charge in [0.1, 0.15) is 11.4 Å². The lowest BCUT2D eigenvalue weighted by molar-refractivity contribution is 0.630. The Morgan fingerprint density at radius 2 is 1.74 bits per heavy atom. The first-order valence-corrected chi connectivity index (χ1v) is 9.04. The van der Waals surface area contributed by atoms with E-state index in [-0.39, 0.29) is 5.56 Å². The van der Waals surface area contributed by atoms with Crippen molar-refractivity contribution in [1.29, 1.82) is 0 Å². The fourth-order valence-electron chi connectivity index (χ4n) is 3.30. The first kappa shape index (κ1) is 17.4. The molecule has 2 aromatic carbocycles. The molecular weight excluding hydrogens is 360 g/mol. The molecule has 0 amide bonds. The summed E-state index contributed by atoms with van der Waals surface area (Å²) in [7, 11) is 1.88. The molecule has 0 saturated heterocycles. The first-order valence-electron chi connectivity index (χ1n) is 8.67. The predicted octanol–water partition coefficient (Wildman–Crippen LogP) is 4.05. The molecule has 0 saturated carbocycles. The summed E-state index contributed by atoms with van der Waals surface area (Å²) < 4.78 is 5.49. The van der Waals surface area contributed by atoms with E-state index in [0.717, 1.165) is 16.9 Å². The Morgan fingerprint density at radius 3 is 2.48 bits per heavy atom. The van der Waals surface area contributed by atoms with Crippen LogP contribution in [0.3, 0.4) is 0 Å². The summed E-state index contributed by atoms with van der Waals surface area (Å²) in [5, 5.41) is 0.698. The van der Waals surface area contributed by atoms with E-state index >= 15 is 0 Å². The Balaban J connectivity index is 1.84. The molecule has 27 heavy (non-hydrogen) atoms. The van der Waals surface area contributed by atoms with Gasteiger partial charge in [0.15, 0.2) is 0 Å². The van der Waals surface area contributed by atoms with Crippen molar-refractivity contribution in [2.24, 2.45) is 7.05 Å². The van der Waals surface area contributed by atoms with Crippen LogP contribution in [0.5, 0.6) is 0 Å². The minimum atomic E-state index is -0.0900. The Kier molecular flexibility index (Phi) is 4.46. The molecule has 2 aromatic heterocycles. The fourth-order valence-corrected chi connectivity index (χ4v) is 3.50. The van der Waals surface area contributed by atoms with Gasteiger partial charge in [0, 0.05) is 30.2 Å². The quantitative estimate of drug-likeness (QED) is 0.537. The van der Waals surface area contributed by atoms with Gasteiger partial charge in [-0.1, -0.05) is 48.0 Å². The summed E-state index contributed by atoms with van der Waals surface area (Å²) in [5.74, 6) is 0.641. The van der Waals surface area contributed by atoms with Crippen LogP contribution in [0, 0.1) is 6.92 Å².